The van der Waals surface area contributed by atoms with Crippen LogP contribution < -0.4 is 0 Å². The third-order valence-electron chi connectivity index (χ3n) is 9.55. The number of ether oxygens (including phenoxy) is 1. The molecule has 4 rings (SSSR count). The Morgan fingerprint density at radius 1 is 1.07 bits per heavy atom. The predicted octanol–water partition coefficient (Wildman–Crippen LogP) is 5.95. The maximum absolute atomic E-state index is 12.6. The molecule has 3 heteroatoms. The summed E-state index contributed by atoms with van der Waals surface area (Å²) in [6, 6.07) is 0. The predicted molar refractivity (Wildman–Crippen MR) is 111 cm³/mol. The highest BCUT2D eigenvalue weighted by molar-refractivity contribution is 5.87. The van der Waals surface area contributed by atoms with Crippen LogP contribution >= 0.6 is 0 Å². The van der Waals surface area contributed by atoms with Crippen LogP contribution in [0.3, 0.4) is 0 Å². The molecule has 4 saturated carbocycles. The second kappa shape index (κ2) is 7.43. The number of esters is 1. The zero-order valence-corrected chi connectivity index (χ0v) is 18.5. The highest BCUT2D eigenvalue weighted by Gasteiger charge is 2.60. The summed E-state index contributed by atoms with van der Waals surface area (Å²) in [5.41, 5.74) is 0.365. The third kappa shape index (κ3) is 3.35. The van der Waals surface area contributed by atoms with Crippen LogP contribution in [0.2, 0.25) is 0 Å². The molecule has 4 aliphatic carbocycles. The smallest absolute Gasteiger partial charge is 0.306 e. The van der Waals surface area contributed by atoms with Gasteiger partial charge in [-0.3, -0.25) is 9.59 Å². The fraction of sp³-hybridized carbons (Fsp3) is 0.920. The number of carbonyl (C=O) groups is 2. The number of carbonyl (C=O) groups excluding carboxylic acids is 2. The lowest BCUT2D eigenvalue weighted by Gasteiger charge is -2.60. The van der Waals surface area contributed by atoms with Crippen molar-refractivity contribution in [1.29, 1.82) is 0 Å². The van der Waals surface area contributed by atoms with Crippen molar-refractivity contribution in [2.24, 2.45) is 40.4 Å². The van der Waals surface area contributed by atoms with Crippen LogP contribution in [-0.4, -0.2) is 17.9 Å². The normalized spacial score (nSPS) is 45.3. The molecule has 4 aliphatic rings. The Kier molecular flexibility index (Phi) is 5.42. The highest BCUT2D eigenvalue weighted by Crippen LogP contribution is 2.65. The van der Waals surface area contributed by atoms with Crippen LogP contribution in [0.5, 0.6) is 0 Å². The first-order chi connectivity index (χ1) is 13.2. The van der Waals surface area contributed by atoms with Crippen LogP contribution in [-0.2, 0) is 14.3 Å². The zero-order valence-electron chi connectivity index (χ0n) is 18.5. The van der Waals surface area contributed by atoms with E-state index in [4.69, 9.17) is 4.74 Å². The topological polar surface area (TPSA) is 43.4 Å². The average molecular weight is 389 g/mol. The lowest BCUT2D eigenvalue weighted by Crippen LogP contribution is -2.54. The first kappa shape index (κ1) is 20.4. The van der Waals surface area contributed by atoms with E-state index in [1.807, 2.05) is 0 Å². The number of ketones is 1. The quantitative estimate of drug-likeness (QED) is 0.559. The monoisotopic (exact) mass is 388 g/mol. The largest absolute Gasteiger partial charge is 0.462 e. The van der Waals surface area contributed by atoms with E-state index < -0.39 is 0 Å². The van der Waals surface area contributed by atoms with Crippen molar-refractivity contribution in [2.45, 2.75) is 104 Å². The maximum Gasteiger partial charge on any atom is 0.306 e. The third-order valence-corrected chi connectivity index (χ3v) is 9.55. The van der Waals surface area contributed by atoms with E-state index in [1.165, 1.54) is 25.7 Å². The number of fused-ring (bicyclic) bond motifs is 5. The van der Waals surface area contributed by atoms with Crippen molar-refractivity contribution in [3.63, 3.8) is 0 Å². The summed E-state index contributed by atoms with van der Waals surface area (Å²) < 4.78 is 5.89. The Bertz CT molecular complexity index is 625. The van der Waals surface area contributed by atoms with E-state index in [1.54, 1.807) is 0 Å². The second-order valence-electron chi connectivity index (χ2n) is 11.4. The Balaban J connectivity index is 1.41. The number of hydrogen-bond donors (Lipinski definition) is 0. The molecule has 0 saturated heterocycles. The van der Waals surface area contributed by atoms with Gasteiger partial charge in [-0.2, -0.15) is 0 Å². The summed E-state index contributed by atoms with van der Waals surface area (Å²) in [6.07, 6.45) is 11.7. The van der Waals surface area contributed by atoms with Gasteiger partial charge in [0.15, 0.2) is 0 Å². The van der Waals surface area contributed by atoms with E-state index in [2.05, 4.69) is 27.7 Å². The van der Waals surface area contributed by atoms with Gasteiger partial charge in [0.05, 0.1) is 0 Å². The zero-order chi connectivity index (χ0) is 20.1. The van der Waals surface area contributed by atoms with Crippen LogP contribution in [0.1, 0.15) is 98.3 Å². The summed E-state index contributed by atoms with van der Waals surface area (Å²) in [4.78, 5) is 24.8. The lowest BCUT2D eigenvalue weighted by molar-refractivity contribution is -0.162. The van der Waals surface area contributed by atoms with Crippen LogP contribution in [0.4, 0.5) is 0 Å². The molecule has 28 heavy (non-hydrogen) atoms. The van der Waals surface area contributed by atoms with Gasteiger partial charge in [0, 0.05) is 18.3 Å². The Hall–Kier alpha value is -0.860. The summed E-state index contributed by atoms with van der Waals surface area (Å²) in [5, 5.41) is 0. The molecule has 0 heterocycles. The molecule has 4 fully saturated rings. The minimum atomic E-state index is -0.0203. The Morgan fingerprint density at radius 2 is 1.86 bits per heavy atom. The fourth-order valence-corrected chi connectivity index (χ4v) is 7.75. The number of Topliss-reactive ketones (excluding diaryl/α,β-unsaturated/α-hetero) is 1. The molecule has 0 aromatic carbocycles. The van der Waals surface area contributed by atoms with E-state index >= 15 is 0 Å². The summed E-state index contributed by atoms with van der Waals surface area (Å²) in [7, 11) is 0. The van der Waals surface area contributed by atoms with Crippen molar-refractivity contribution in [3.05, 3.63) is 0 Å². The minimum absolute atomic E-state index is 0.00823. The summed E-state index contributed by atoms with van der Waals surface area (Å²) in [5.74, 6) is 3.94. The van der Waals surface area contributed by atoms with Crippen molar-refractivity contribution in [2.75, 3.05) is 0 Å². The minimum Gasteiger partial charge on any atom is -0.462 e. The molecule has 7 atom stereocenters. The molecule has 0 radical (unpaired) electrons. The molecule has 0 spiro atoms. The van der Waals surface area contributed by atoms with Crippen molar-refractivity contribution >= 4 is 11.8 Å². The molecule has 2 unspecified atom stereocenters. The molecular formula is C25H40O3. The van der Waals surface area contributed by atoms with Gasteiger partial charge in [-0.05, 0) is 92.8 Å². The lowest BCUT2D eigenvalue weighted by atomic mass is 9.45. The molecule has 0 aromatic rings. The Morgan fingerprint density at radius 3 is 2.61 bits per heavy atom. The molecule has 158 valence electrons. The number of rotatable bonds is 4. The van der Waals surface area contributed by atoms with Gasteiger partial charge in [-0.25, -0.2) is 0 Å². The van der Waals surface area contributed by atoms with E-state index in [9.17, 15) is 9.59 Å². The van der Waals surface area contributed by atoms with Gasteiger partial charge in [0.2, 0.25) is 0 Å². The molecule has 0 aromatic heterocycles. The Labute approximate surface area is 171 Å². The molecule has 0 aliphatic heterocycles. The average Bonchev–Trinajstić information content (AvgIpc) is 2.95. The van der Waals surface area contributed by atoms with Gasteiger partial charge in [-0.1, -0.05) is 27.7 Å². The standard InChI is InChI=1S/C25H40O3/c1-16(2)5-10-23(27)28-18-11-13-24(3)17(15-18)6-7-19-20-8-9-22(26)25(20,4)14-12-21(19)24/h16-21H,5-15H2,1-4H3/t17-,18+,19-,20?,21?,24-,25-/m0/s1. The van der Waals surface area contributed by atoms with E-state index in [-0.39, 0.29) is 17.5 Å². The van der Waals surface area contributed by atoms with Crippen LogP contribution in [0.15, 0.2) is 0 Å². The van der Waals surface area contributed by atoms with Gasteiger partial charge in [-0.15, -0.1) is 0 Å². The van der Waals surface area contributed by atoms with Crippen LogP contribution in [0, 0.1) is 40.4 Å². The second-order valence-corrected chi connectivity index (χ2v) is 11.4. The van der Waals surface area contributed by atoms with Crippen molar-refractivity contribution in [3.8, 4) is 0 Å². The summed E-state index contributed by atoms with van der Waals surface area (Å²) in [6.45, 7) is 9.12. The van der Waals surface area contributed by atoms with Gasteiger partial charge in [0.25, 0.3) is 0 Å². The summed E-state index contributed by atoms with van der Waals surface area (Å²) >= 11 is 0. The van der Waals surface area contributed by atoms with Gasteiger partial charge >= 0.3 is 5.97 Å². The fourth-order valence-electron chi connectivity index (χ4n) is 7.75. The molecule has 0 amide bonds. The first-order valence-electron chi connectivity index (χ1n) is 12.0. The van der Waals surface area contributed by atoms with Gasteiger partial charge in [0.1, 0.15) is 11.9 Å². The molecule has 3 nitrogen and oxygen atoms in total. The molecule has 0 bridgehead atoms. The van der Waals surface area contributed by atoms with Crippen molar-refractivity contribution in [1.82, 2.24) is 0 Å². The van der Waals surface area contributed by atoms with Crippen molar-refractivity contribution < 1.29 is 14.3 Å². The van der Waals surface area contributed by atoms with E-state index in [0.717, 1.165) is 50.4 Å². The molecular weight excluding hydrogens is 348 g/mol. The first-order valence-corrected chi connectivity index (χ1v) is 12.0. The highest BCUT2D eigenvalue weighted by atomic mass is 16.5. The van der Waals surface area contributed by atoms with E-state index in [0.29, 0.717) is 35.4 Å². The maximum atomic E-state index is 12.6. The van der Waals surface area contributed by atoms with Gasteiger partial charge < -0.3 is 4.74 Å². The molecule has 0 N–H and O–H groups in total. The van der Waals surface area contributed by atoms with Crippen LogP contribution in [0.25, 0.3) is 0 Å². The number of hydrogen-bond acceptors (Lipinski definition) is 3. The SMILES string of the molecule is CC(C)CCC(=O)O[C@@H]1CC[C@]2(C)C3CC[C@]4(C)C(=O)CCC4[C@@H]3CC[C@H]2C1.